The van der Waals surface area contributed by atoms with Crippen LogP contribution < -0.4 is 10.6 Å². The van der Waals surface area contributed by atoms with Gasteiger partial charge in [-0.05, 0) is 44.0 Å². The Morgan fingerprint density at radius 3 is 2.84 bits per heavy atom. The van der Waals surface area contributed by atoms with E-state index in [1.807, 2.05) is 30.3 Å². The number of halogens is 1. The third-order valence-electron chi connectivity index (χ3n) is 3.10. The zero-order valence-corrected chi connectivity index (χ0v) is 12.6. The number of thioether (sulfide) groups is 1. The zero-order valence-electron chi connectivity index (χ0n) is 10.9. The molecule has 1 amide bonds. The molecule has 2 N–H and O–H groups in total. The molecule has 0 radical (unpaired) electrons. The van der Waals surface area contributed by atoms with E-state index in [4.69, 9.17) is 0 Å². The van der Waals surface area contributed by atoms with Crippen molar-refractivity contribution in [1.29, 1.82) is 0 Å². The standard InChI is InChI=1S/C14H20N2OS.ClH/c17-14(11-18-13-6-2-1-3-7-13)16-10-12-5-4-8-15-9-12;/h1-3,6-7,12,15H,4-5,8-11H2,(H,16,17);1H. The molecule has 0 aliphatic carbocycles. The highest BCUT2D eigenvalue weighted by Gasteiger charge is 2.13. The maximum Gasteiger partial charge on any atom is 0.230 e. The fourth-order valence-electron chi connectivity index (χ4n) is 2.07. The SMILES string of the molecule is Cl.O=C(CSc1ccccc1)NCC1CCCNC1. The second-order valence-electron chi connectivity index (χ2n) is 4.62. The maximum absolute atomic E-state index is 11.7. The second-order valence-corrected chi connectivity index (χ2v) is 5.67. The Hall–Kier alpha value is -0.710. The van der Waals surface area contributed by atoms with Gasteiger partial charge in [-0.3, -0.25) is 4.79 Å². The van der Waals surface area contributed by atoms with Gasteiger partial charge in [0, 0.05) is 11.4 Å². The summed E-state index contributed by atoms with van der Waals surface area (Å²) in [5.41, 5.74) is 0. The van der Waals surface area contributed by atoms with Crippen LogP contribution in [0.2, 0.25) is 0 Å². The normalized spacial score (nSPS) is 18.4. The summed E-state index contributed by atoms with van der Waals surface area (Å²) in [7, 11) is 0. The van der Waals surface area contributed by atoms with Crippen LogP contribution in [0.15, 0.2) is 35.2 Å². The van der Waals surface area contributed by atoms with E-state index in [-0.39, 0.29) is 18.3 Å². The minimum absolute atomic E-state index is 0. The summed E-state index contributed by atoms with van der Waals surface area (Å²) >= 11 is 1.59. The highest BCUT2D eigenvalue weighted by molar-refractivity contribution is 8.00. The lowest BCUT2D eigenvalue weighted by Gasteiger charge is -2.22. The maximum atomic E-state index is 11.7. The van der Waals surface area contributed by atoms with E-state index in [1.165, 1.54) is 12.8 Å². The van der Waals surface area contributed by atoms with Crippen molar-refractivity contribution in [2.45, 2.75) is 17.7 Å². The molecule has 1 aromatic rings. The molecular formula is C14H21ClN2OS. The van der Waals surface area contributed by atoms with Crippen LogP contribution in [0.4, 0.5) is 0 Å². The van der Waals surface area contributed by atoms with Crippen LogP contribution in [-0.4, -0.2) is 31.3 Å². The molecule has 1 aromatic carbocycles. The van der Waals surface area contributed by atoms with Gasteiger partial charge in [0.1, 0.15) is 0 Å². The lowest BCUT2D eigenvalue weighted by atomic mass is 10.00. The van der Waals surface area contributed by atoms with Gasteiger partial charge in [-0.25, -0.2) is 0 Å². The van der Waals surface area contributed by atoms with Crippen LogP contribution in [0.1, 0.15) is 12.8 Å². The summed E-state index contributed by atoms with van der Waals surface area (Å²) in [6, 6.07) is 10.0. The molecule has 19 heavy (non-hydrogen) atoms. The first-order valence-electron chi connectivity index (χ1n) is 6.50. The molecule has 1 atom stereocenters. The third-order valence-corrected chi connectivity index (χ3v) is 4.11. The molecule has 1 fully saturated rings. The fraction of sp³-hybridized carbons (Fsp3) is 0.500. The molecular weight excluding hydrogens is 280 g/mol. The van der Waals surface area contributed by atoms with E-state index in [1.54, 1.807) is 11.8 Å². The van der Waals surface area contributed by atoms with Gasteiger partial charge in [-0.15, -0.1) is 24.2 Å². The Balaban J connectivity index is 0.00000180. The summed E-state index contributed by atoms with van der Waals surface area (Å²) in [5, 5.41) is 6.38. The summed E-state index contributed by atoms with van der Waals surface area (Å²) in [6.07, 6.45) is 2.44. The van der Waals surface area contributed by atoms with Crippen molar-refractivity contribution in [3.8, 4) is 0 Å². The van der Waals surface area contributed by atoms with Crippen molar-refractivity contribution in [1.82, 2.24) is 10.6 Å². The summed E-state index contributed by atoms with van der Waals surface area (Å²) in [4.78, 5) is 12.9. The third kappa shape index (κ3) is 6.32. The van der Waals surface area contributed by atoms with Crippen molar-refractivity contribution < 1.29 is 4.79 Å². The number of carbonyl (C=O) groups is 1. The van der Waals surface area contributed by atoms with Crippen LogP contribution in [0.25, 0.3) is 0 Å². The van der Waals surface area contributed by atoms with E-state index in [0.717, 1.165) is 24.5 Å². The highest BCUT2D eigenvalue weighted by Crippen LogP contribution is 2.16. The van der Waals surface area contributed by atoms with Crippen LogP contribution in [-0.2, 0) is 4.79 Å². The Bertz CT molecular complexity index is 369. The quantitative estimate of drug-likeness (QED) is 0.820. The van der Waals surface area contributed by atoms with Gasteiger partial charge >= 0.3 is 0 Å². The van der Waals surface area contributed by atoms with Crippen LogP contribution >= 0.6 is 24.2 Å². The fourth-order valence-corrected chi connectivity index (χ4v) is 2.82. The van der Waals surface area contributed by atoms with Crippen LogP contribution in [0.3, 0.4) is 0 Å². The van der Waals surface area contributed by atoms with Crippen LogP contribution in [0.5, 0.6) is 0 Å². The molecule has 0 spiro atoms. The molecule has 0 saturated carbocycles. The number of hydrogen-bond acceptors (Lipinski definition) is 3. The number of nitrogens with one attached hydrogen (secondary N) is 2. The molecule has 0 aromatic heterocycles. The van der Waals surface area contributed by atoms with Gasteiger partial charge in [0.25, 0.3) is 0 Å². The van der Waals surface area contributed by atoms with Crippen molar-refractivity contribution in [2.24, 2.45) is 5.92 Å². The van der Waals surface area contributed by atoms with Crippen molar-refractivity contribution in [3.63, 3.8) is 0 Å². The zero-order chi connectivity index (χ0) is 12.6. The summed E-state index contributed by atoms with van der Waals surface area (Å²) in [6.45, 7) is 2.96. The smallest absolute Gasteiger partial charge is 0.230 e. The topological polar surface area (TPSA) is 41.1 Å². The number of benzene rings is 1. The van der Waals surface area contributed by atoms with E-state index in [2.05, 4.69) is 10.6 Å². The first-order chi connectivity index (χ1) is 8.84. The average Bonchev–Trinajstić information content (AvgIpc) is 2.45. The van der Waals surface area contributed by atoms with Gasteiger partial charge in [0.2, 0.25) is 5.91 Å². The van der Waals surface area contributed by atoms with Gasteiger partial charge in [-0.2, -0.15) is 0 Å². The minimum atomic E-state index is 0. The first-order valence-corrected chi connectivity index (χ1v) is 7.48. The lowest BCUT2D eigenvalue weighted by Crippen LogP contribution is -2.38. The van der Waals surface area contributed by atoms with Crippen LogP contribution in [0, 0.1) is 5.92 Å². The van der Waals surface area contributed by atoms with Crippen molar-refractivity contribution in [3.05, 3.63) is 30.3 Å². The average molecular weight is 301 g/mol. The predicted octanol–water partition coefficient (Wildman–Crippen LogP) is 2.32. The first kappa shape index (κ1) is 16.3. The Morgan fingerprint density at radius 2 is 2.16 bits per heavy atom. The number of piperidine rings is 1. The molecule has 2 rings (SSSR count). The summed E-state index contributed by atoms with van der Waals surface area (Å²) in [5.74, 6) is 1.24. The molecule has 1 saturated heterocycles. The Kier molecular flexibility index (Phi) is 7.94. The van der Waals surface area contributed by atoms with E-state index < -0.39 is 0 Å². The van der Waals surface area contributed by atoms with Crippen molar-refractivity contribution in [2.75, 3.05) is 25.4 Å². The van der Waals surface area contributed by atoms with E-state index in [0.29, 0.717) is 11.7 Å². The minimum Gasteiger partial charge on any atom is -0.355 e. The molecule has 1 aliphatic heterocycles. The summed E-state index contributed by atoms with van der Waals surface area (Å²) < 4.78 is 0. The monoisotopic (exact) mass is 300 g/mol. The molecule has 1 unspecified atom stereocenters. The molecule has 0 bridgehead atoms. The van der Waals surface area contributed by atoms with E-state index >= 15 is 0 Å². The highest BCUT2D eigenvalue weighted by atomic mass is 35.5. The van der Waals surface area contributed by atoms with Crippen molar-refractivity contribution >= 4 is 30.1 Å². The number of amides is 1. The van der Waals surface area contributed by atoms with Gasteiger partial charge in [-0.1, -0.05) is 18.2 Å². The molecule has 1 heterocycles. The van der Waals surface area contributed by atoms with Gasteiger partial charge < -0.3 is 10.6 Å². The molecule has 1 aliphatic rings. The number of carbonyl (C=O) groups excluding carboxylic acids is 1. The molecule has 5 heteroatoms. The predicted molar refractivity (Wildman–Crippen MR) is 83.0 cm³/mol. The number of hydrogen-bond donors (Lipinski definition) is 2. The Morgan fingerprint density at radius 1 is 1.37 bits per heavy atom. The Labute approximate surface area is 125 Å². The van der Waals surface area contributed by atoms with Gasteiger partial charge in [0.05, 0.1) is 5.75 Å². The largest absolute Gasteiger partial charge is 0.355 e. The van der Waals surface area contributed by atoms with E-state index in [9.17, 15) is 4.79 Å². The molecule has 106 valence electrons. The van der Waals surface area contributed by atoms with Gasteiger partial charge in [0.15, 0.2) is 0 Å². The molecule has 3 nitrogen and oxygen atoms in total. The second kappa shape index (κ2) is 9.23. The number of rotatable bonds is 5. The lowest BCUT2D eigenvalue weighted by molar-refractivity contribution is -0.118.